The van der Waals surface area contributed by atoms with Gasteiger partial charge in [0, 0.05) is 43.5 Å². The highest BCUT2D eigenvalue weighted by Crippen LogP contribution is 2.31. The van der Waals surface area contributed by atoms with Gasteiger partial charge in [0.05, 0.1) is 17.9 Å². The summed E-state index contributed by atoms with van der Waals surface area (Å²) in [5.74, 6) is -0.434. The third-order valence-corrected chi connectivity index (χ3v) is 4.91. The van der Waals surface area contributed by atoms with Crippen molar-refractivity contribution >= 4 is 5.69 Å². The lowest BCUT2D eigenvalue weighted by Crippen LogP contribution is -2.48. The number of nitrogens with one attached hydrogen (secondary N) is 1. The normalized spacial score (nSPS) is 16.6. The van der Waals surface area contributed by atoms with Crippen molar-refractivity contribution in [2.75, 3.05) is 31.1 Å². The van der Waals surface area contributed by atoms with Crippen molar-refractivity contribution in [3.8, 4) is 0 Å². The van der Waals surface area contributed by atoms with E-state index in [1.165, 1.54) is 12.1 Å². The van der Waals surface area contributed by atoms with Crippen molar-refractivity contribution in [1.82, 2.24) is 15.1 Å². The number of aromatic nitrogens is 2. The molecule has 0 amide bonds. The van der Waals surface area contributed by atoms with E-state index in [4.69, 9.17) is 0 Å². The molecule has 0 radical (unpaired) electrons. The molecule has 1 fully saturated rings. The quantitative estimate of drug-likeness (QED) is 0.778. The average molecular weight is 354 g/mol. The van der Waals surface area contributed by atoms with Crippen LogP contribution in [-0.2, 0) is 0 Å². The van der Waals surface area contributed by atoms with Crippen LogP contribution in [0.2, 0.25) is 0 Å². The van der Waals surface area contributed by atoms with Crippen molar-refractivity contribution in [2.24, 2.45) is 0 Å². The second kappa shape index (κ2) is 7.25. The van der Waals surface area contributed by atoms with Crippen LogP contribution in [0.4, 0.5) is 14.5 Å². The average Bonchev–Trinajstić information content (AvgIpc) is 3.19. The summed E-state index contributed by atoms with van der Waals surface area (Å²) in [6.45, 7) is 2.78. The first-order chi connectivity index (χ1) is 12.7. The van der Waals surface area contributed by atoms with Crippen LogP contribution < -0.4 is 4.90 Å². The molecular weight excluding hydrogens is 334 g/mol. The van der Waals surface area contributed by atoms with Crippen LogP contribution in [0, 0.1) is 11.6 Å². The number of benzene rings is 2. The summed E-state index contributed by atoms with van der Waals surface area (Å²) < 4.78 is 28.5. The molecule has 0 bridgehead atoms. The fourth-order valence-corrected chi connectivity index (χ4v) is 3.62. The van der Waals surface area contributed by atoms with Gasteiger partial charge in [-0.05, 0) is 18.2 Å². The van der Waals surface area contributed by atoms with E-state index in [1.54, 1.807) is 30.6 Å². The molecule has 4 rings (SSSR count). The molecule has 0 saturated carbocycles. The van der Waals surface area contributed by atoms with Crippen LogP contribution in [0.3, 0.4) is 0 Å². The first-order valence-electron chi connectivity index (χ1n) is 8.70. The van der Waals surface area contributed by atoms with Gasteiger partial charge in [-0.25, -0.2) is 8.78 Å². The number of anilines is 1. The van der Waals surface area contributed by atoms with Gasteiger partial charge < -0.3 is 4.90 Å². The molecule has 26 heavy (non-hydrogen) atoms. The van der Waals surface area contributed by atoms with E-state index >= 15 is 0 Å². The van der Waals surface area contributed by atoms with E-state index < -0.39 is 0 Å². The lowest BCUT2D eigenvalue weighted by Gasteiger charge is -2.40. The largest absolute Gasteiger partial charge is 0.367 e. The van der Waals surface area contributed by atoms with E-state index in [-0.39, 0.29) is 17.7 Å². The molecule has 1 saturated heterocycles. The van der Waals surface area contributed by atoms with Gasteiger partial charge in [-0.15, -0.1) is 0 Å². The van der Waals surface area contributed by atoms with Crippen LogP contribution in [0.1, 0.15) is 17.2 Å². The van der Waals surface area contributed by atoms with E-state index in [1.807, 2.05) is 23.1 Å². The molecule has 134 valence electrons. The molecule has 0 aliphatic carbocycles. The Morgan fingerprint density at radius 3 is 2.23 bits per heavy atom. The maximum Gasteiger partial charge on any atom is 0.146 e. The second-order valence-corrected chi connectivity index (χ2v) is 6.43. The van der Waals surface area contributed by atoms with Crippen molar-refractivity contribution < 1.29 is 8.78 Å². The Labute approximate surface area is 151 Å². The topological polar surface area (TPSA) is 35.2 Å². The minimum absolute atomic E-state index is 0.207. The van der Waals surface area contributed by atoms with Gasteiger partial charge in [-0.3, -0.25) is 10.00 Å². The fraction of sp³-hybridized carbons (Fsp3) is 0.250. The van der Waals surface area contributed by atoms with E-state index in [9.17, 15) is 8.78 Å². The molecule has 1 aliphatic rings. The molecule has 3 aromatic rings. The highest BCUT2D eigenvalue weighted by molar-refractivity contribution is 5.48. The number of hydrogen-bond donors (Lipinski definition) is 1. The number of rotatable bonds is 4. The van der Waals surface area contributed by atoms with E-state index in [0.717, 1.165) is 5.56 Å². The monoisotopic (exact) mass is 354 g/mol. The maximum atomic E-state index is 14.5. The molecule has 1 aromatic heterocycles. The van der Waals surface area contributed by atoms with Gasteiger partial charge >= 0.3 is 0 Å². The summed E-state index contributed by atoms with van der Waals surface area (Å²) in [4.78, 5) is 4.26. The highest BCUT2D eigenvalue weighted by Gasteiger charge is 2.29. The number of aromatic amines is 1. The number of piperazine rings is 1. The Bertz CT molecular complexity index is 858. The van der Waals surface area contributed by atoms with Crippen molar-refractivity contribution in [3.63, 3.8) is 0 Å². The molecule has 1 atom stereocenters. The summed E-state index contributed by atoms with van der Waals surface area (Å²) in [7, 11) is 0. The lowest BCUT2D eigenvalue weighted by molar-refractivity contribution is 0.208. The molecule has 2 heterocycles. The summed E-state index contributed by atoms with van der Waals surface area (Å²) in [5.41, 5.74) is 2.18. The summed E-state index contributed by atoms with van der Waals surface area (Å²) in [6, 6.07) is 13.5. The van der Waals surface area contributed by atoms with E-state index in [2.05, 4.69) is 15.1 Å². The molecule has 0 spiro atoms. The third-order valence-electron chi connectivity index (χ3n) is 4.91. The number of nitrogens with zero attached hydrogens (tertiary/aromatic N) is 3. The molecule has 1 N–H and O–H groups in total. The molecule has 1 unspecified atom stereocenters. The number of para-hydroxylation sites is 1. The Balaban J connectivity index is 1.57. The summed E-state index contributed by atoms with van der Waals surface area (Å²) in [6.07, 6.45) is 3.54. The van der Waals surface area contributed by atoms with Crippen molar-refractivity contribution in [3.05, 3.63) is 83.7 Å². The fourth-order valence-electron chi connectivity index (χ4n) is 3.62. The van der Waals surface area contributed by atoms with Crippen LogP contribution in [0.15, 0.2) is 60.9 Å². The minimum Gasteiger partial charge on any atom is -0.367 e. The summed E-state index contributed by atoms with van der Waals surface area (Å²) >= 11 is 0. The zero-order chi connectivity index (χ0) is 17.9. The highest BCUT2D eigenvalue weighted by atomic mass is 19.1. The molecule has 2 aromatic carbocycles. The van der Waals surface area contributed by atoms with Crippen molar-refractivity contribution in [2.45, 2.75) is 6.04 Å². The van der Waals surface area contributed by atoms with Gasteiger partial charge in [-0.1, -0.05) is 30.3 Å². The van der Waals surface area contributed by atoms with Crippen LogP contribution in [0.25, 0.3) is 0 Å². The molecule has 6 heteroatoms. The van der Waals surface area contributed by atoms with Gasteiger partial charge in [0.2, 0.25) is 0 Å². The zero-order valence-electron chi connectivity index (χ0n) is 14.3. The minimum atomic E-state index is -0.227. The molecular formula is C20H20F2N4. The first-order valence-corrected chi connectivity index (χ1v) is 8.70. The standard InChI is InChI=1S/C20H20F2N4/c21-17-6-2-1-5-16(17)20(15-13-23-24-14-15)26-11-9-25(10-12-26)19-8-4-3-7-18(19)22/h1-8,13-14,20H,9-12H2,(H,23,24). The van der Waals surface area contributed by atoms with Crippen molar-refractivity contribution in [1.29, 1.82) is 0 Å². The maximum absolute atomic E-state index is 14.5. The SMILES string of the molecule is Fc1ccccc1C(c1cn[nH]c1)N1CCN(c2ccccc2F)CC1. The second-order valence-electron chi connectivity index (χ2n) is 6.43. The van der Waals surface area contributed by atoms with Gasteiger partial charge in [0.15, 0.2) is 0 Å². The molecule has 4 nitrogen and oxygen atoms in total. The lowest BCUT2D eigenvalue weighted by atomic mass is 9.98. The van der Waals surface area contributed by atoms with E-state index in [0.29, 0.717) is 37.4 Å². The molecule has 1 aliphatic heterocycles. The number of H-pyrrole nitrogens is 1. The number of halogens is 2. The Hall–Kier alpha value is -2.73. The Morgan fingerprint density at radius 2 is 1.58 bits per heavy atom. The van der Waals surface area contributed by atoms with Gasteiger partial charge in [0.1, 0.15) is 11.6 Å². The smallest absolute Gasteiger partial charge is 0.146 e. The summed E-state index contributed by atoms with van der Waals surface area (Å²) in [5, 5.41) is 6.85. The predicted molar refractivity (Wildman–Crippen MR) is 97.0 cm³/mol. The van der Waals surface area contributed by atoms with Crippen LogP contribution >= 0.6 is 0 Å². The first kappa shape index (κ1) is 16.7. The third kappa shape index (κ3) is 3.20. The Morgan fingerprint density at radius 1 is 0.885 bits per heavy atom. The zero-order valence-corrected chi connectivity index (χ0v) is 14.3. The van der Waals surface area contributed by atoms with Gasteiger partial charge in [-0.2, -0.15) is 5.10 Å². The van der Waals surface area contributed by atoms with Gasteiger partial charge in [0.25, 0.3) is 0 Å². The predicted octanol–water partition coefficient (Wildman–Crippen LogP) is 3.60. The Kier molecular flexibility index (Phi) is 4.67. The van der Waals surface area contributed by atoms with Crippen LogP contribution in [0.5, 0.6) is 0 Å². The van der Waals surface area contributed by atoms with Crippen LogP contribution in [-0.4, -0.2) is 41.3 Å². The number of hydrogen-bond acceptors (Lipinski definition) is 3.